The van der Waals surface area contributed by atoms with E-state index in [2.05, 4.69) is 11.9 Å². The van der Waals surface area contributed by atoms with E-state index in [0.29, 0.717) is 18.0 Å². The molecule has 21 heavy (non-hydrogen) atoms. The van der Waals surface area contributed by atoms with Crippen LogP contribution in [0.3, 0.4) is 0 Å². The number of anilines is 1. The number of nitrogens with one attached hydrogen (secondary N) is 1. The quantitative estimate of drug-likeness (QED) is 0.766. The molecule has 0 fully saturated rings. The lowest BCUT2D eigenvalue weighted by molar-refractivity contribution is -0.127. The smallest absolute Gasteiger partial charge is 0.261 e. The first kappa shape index (κ1) is 17.0. The molecule has 0 aliphatic carbocycles. The highest BCUT2D eigenvalue weighted by molar-refractivity contribution is 7.92. The highest BCUT2D eigenvalue weighted by atomic mass is 32.2. The average molecular weight is 312 g/mol. The van der Waals surface area contributed by atoms with Crippen LogP contribution >= 0.6 is 0 Å². The zero-order chi connectivity index (χ0) is 16.0. The van der Waals surface area contributed by atoms with Crippen molar-refractivity contribution in [2.24, 2.45) is 0 Å². The van der Waals surface area contributed by atoms with E-state index in [9.17, 15) is 13.2 Å². The van der Waals surface area contributed by atoms with E-state index in [1.807, 2.05) is 0 Å². The summed E-state index contributed by atoms with van der Waals surface area (Å²) in [4.78, 5) is 11.6. The van der Waals surface area contributed by atoms with Gasteiger partial charge in [0.25, 0.3) is 5.91 Å². The van der Waals surface area contributed by atoms with Gasteiger partial charge in [-0.2, -0.15) is 0 Å². The molecule has 1 aromatic rings. The third kappa shape index (κ3) is 5.11. The summed E-state index contributed by atoms with van der Waals surface area (Å²) < 4.78 is 29.5. The fourth-order valence-electron chi connectivity index (χ4n) is 1.50. The van der Waals surface area contributed by atoms with E-state index in [0.717, 1.165) is 10.6 Å². The Balaban J connectivity index is 2.71. The summed E-state index contributed by atoms with van der Waals surface area (Å²) >= 11 is 0. The lowest BCUT2D eigenvalue weighted by atomic mass is 10.3. The van der Waals surface area contributed by atoms with Crippen LogP contribution in [-0.2, 0) is 14.8 Å². The predicted octanol–water partition coefficient (Wildman–Crippen LogP) is 1.15. The molecule has 0 heterocycles. The summed E-state index contributed by atoms with van der Waals surface area (Å²) in [6, 6.07) is 6.47. The molecule has 1 rings (SSSR count). The van der Waals surface area contributed by atoms with E-state index in [1.54, 1.807) is 37.3 Å². The van der Waals surface area contributed by atoms with Crippen molar-refractivity contribution in [1.29, 1.82) is 0 Å². The molecule has 0 unspecified atom stereocenters. The topological polar surface area (TPSA) is 75.7 Å². The van der Waals surface area contributed by atoms with Gasteiger partial charge in [-0.3, -0.25) is 9.10 Å². The van der Waals surface area contributed by atoms with Gasteiger partial charge in [0.1, 0.15) is 5.75 Å². The number of ether oxygens (including phenoxy) is 1. The Morgan fingerprint density at radius 3 is 2.48 bits per heavy atom. The molecule has 1 N–H and O–H groups in total. The van der Waals surface area contributed by atoms with Crippen molar-refractivity contribution in [1.82, 2.24) is 5.32 Å². The number of nitrogens with zero attached hydrogens (tertiary/aromatic N) is 1. The van der Waals surface area contributed by atoms with Crippen molar-refractivity contribution >= 4 is 21.6 Å². The Morgan fingerprint density at radius 2 is 2.00 bits per heavy atom. The summed E-state index contributed by atoms with van der Waals surface area (Å²) in [5, 5.41) is 2.63. The van der Waals surface area contributed by atoms with E-state index >= 15 is 0 Å². The second-order valence-electron chi connectivity index (χ2n) is 4.52. The van der Waals surface area contributed by atoms with Gasteiger partial charge in [0.05, 0.1) is 11.9 Å². The minimum Gasteiger partial charge on any atom is -0.481 e. The monoisotopic (exact) mass is 312 g/mol. The number of hydrogen-bond donors (Lipinski definition) is 1. The molecule has 0 aliphatic heterocycles. The summed E-state index contributed by atoms with van der Waals surface area (Å²) in [6.07, 6.45) is 2.06. The third-order valence-electron chi connectivity index (χ3n) is 2.80. The van der Waals surface area contributed by atoms with Crippen LogP contribution in [0.4, 0.5) is 5.69 Å². The van der Waals surface area contributed by atoms with Gasteiger partial charge in [0.2, 0.25) is 10.0 Å². The molecule has 1 atom stereocenters. The largest absolute Gasteiger partial charge is 0.481 e. The number of carbonyl (C=O) groups is 1. The van der Waals surface area contributed by atoms with E-state index in [1.165, 1.54) is 7.05 Å². The maximum absolute atomic E-state index is 11.6. The Bertz CT molecular complexity index is 596. The number of hydrogen-bond acceptors (Lipinski definition) is 4. The minimum absolute atomic E-state index is 0.243. The molecule has 0 radical (unpaired) electrons. The first-order valence-corrected chi connectivity index (χ1v) is 8.19. The van der Waals surface area contributed by atoms with Gasteiger partial charge in [-0.25, -0.2) is 8.42 Å². The first-order chi connectivity index (χ1) is 9.75. The van der Waals surface area contributed by atoms with Gasteiger partial charge in [-0.15, -0.1) is 6.58 Å². The summed E-state index contributed by atoms with van der Waals surface area (Å²) in [7, 11) is -1.83. The van der Waals surface area contributed by atoms with Crippen LogP contribution in [0.2, 0.25) is 0 Å². The number of sulfonamides is 1. The van der Waals surface area contributed by atoms with Gasteiger partial charge >= 0.3 is 0 Å². The maximum atomic E-state index is 11.6. The molecule has 1 amide bonds. The zero-order valence-electron chi connectivity index (χ0n) is 12.4. The van der Waals surface area contributed by atoms with Crippen LogP contribution in [0.1, 0.15) is 6.92 Å². The lowest BCUT2D eigenvalue weighted by Crippen LogP contribution is -2.36. The molecule has 116 valence electrons. The van der Waals surface area contributed by atoms with Gasteiger partial charge in [0.15, 0.2) is 6.10 Å². The molecule has 0 saturated heterocycles. The average Bonchev–Trinajstić information content (AvgIpc) is 2.43. The second kappa shape index (κ2) is 7.12. The van der Waals surface area contributed by atoms with Crippen molar-refractivity contribution in [3.05, 3.63) is 36.9 Å². The molecule has 0 spiro atoms. The van der Waals surface area contributed by atoms with E-state index < -0.39 is 16.1 Å². The molecule has 0 bridgehead atoms. The summed E-state index contributed by atoms with van der Waals surface area (Å²) in [5.41, 5.74) is 0.522. The van der Waals surface area contributed by atoms with Crippen molar-refractivity contribution in [2.45, 2.75) is 13.0 Å². The Hall–Kier alpha value is -2.02. The third-order valence-corrected chi connectivity index (χ3v) is 4.01. The fourth-order valence-corrected chi connectivity index (χ4v) is 2.00. The van der Waals surface area contributed by atoms with E-state index in [4.69, 9.17) is 4.74 Å². The molecular formula is C14H20N2O4S. The lowest BCUT2D eigenvalue weighted by Gasteiger charge is -2.18. The van der Waals surface area contributed by atoms with Crippen LogP contribution in [0, 0.1) is 0 Å². The number of benzene rings is 1. The van der Waals surface area contributed by atoms with Crippen molar-refractivity contribution in [2.75, 3.05) is 24.2 Å². The van der Waals surface area contributed by atoms with E-state index in [-0.39, 0.29) is 5.91 Å². The van der Waals surface area contributed by atoms with Crippen LogP contribution < -0.4 is 14.4 Å². The van der Waals surface area contributed by atoms with Crippen LogP contribution in [0.5, 0.6) is 5.75 Å². The molecular weight excluding hydrogens is 292 g/mol. The van der Waals surface area contributed by atoms with Gasteiger partial charge < -0.3 is 10.1 Å². The highest BCUT2D eigenvalue weighted by Gasteiger charge is 2.15. The normalized spacial score (nSPS) is 12.3. The molecule has 6 nitrogen and oxygen atoms in total. The first-order valence-electron chi connectivity index (χ1n) is 6.35. The van der Waals surface area contributed by atoms with Crippen molar-refractivity contribution in [3.8, 4) is 5.75 Å². The summed E-state index contributed by atoms with van der Waals surface area (Å²) in [6.45, 7) is 5.53. The Kier molecular flexibility index (Phi) is 5.78. The highest BCUT2D eigenvalue weighted by Crippen LogP contribution is 2.20. The number of carbonyl (C=O) groups excluding carboxylic acids is 1. The second-order valence-corrected chi connectivity index (χ2v) is 6.53. The van der Waals surface area contributed by atoms with Gasteiger partial charge in [0, 0.05) is 13.6 Å². The number of rotatable bonds is 7. The molecule has 1 aromatic carbocycles. The minimum atomic E-state index is -3.30. The zero-order valence-corrected chi connectivity index (χ0v) is 13.2. The SMILES string of the molecule is C=CCNC(=O)[C@H](C)Oc1ccc(N(C)S(C)(=O)=O)cc1. The standard InChI is InChI=1S/C14H20N2O4S/c1-5-10-15-14(17)11(2)20-13-8-6-12(7-9-13)16(3)21(4,18)19/h5-9,11H,1,10H2,2-4H3,(H,15,17)/t11-/m0/s1. The van der Waals surface area contributed by atoms with Crippen molar-refractivity contribution in [3.63, 3.8) is 0 Å². The van der Waals surface area contributed by atoms with Crippen LogP contribution in [-0.4, -0.2) is 40.3 Å². The molecule has 7 heteroatoms. The van der Waals surface area contributed by atoms with Gasteiger partial charge in [-0.1, -0.05) is 6.08 Å². The number of amides is 1. The molecule has 0 saturated carbocycles. The predicted molar refractivity (Wildman–Crippen MR) is 83.0 cm³/mol. The fraction of sp³-hybridized carbons (Fsp3) is 0.357. The van der Waals surface area contributed by atoms with Crippen molar-refractivity contribution < 1.29 is 17.9 Å². The molecule has 0 aromatic heterocycles. The van der Waals surface area contributed by atoms with Gasteiger partial charge in [-0.05, 0) is 31.2 Å². The molecule has 0 aliphatic rings. The Labute approximate surface area is 125 Å². The summed E-state index contributed by atoms with van der Waals surface area (Å²) in [5.74, 6) is 0.245. The van der Waals surface area contributed by atoms with Crippen LogP contribution in [0.25, 0.3) is 0 Å². The van der Waals surface area contributed by atoms with Crippen LogP contribution in [0.15, 0.2) is 36.9 Å². The Morgan fingerprint density at radius 1 is 1.43 bits per heavy atom. The maximum Gasteiger partial charge on any atom is 0.261 e.